The van der Waals surface area contributed by atoms with E-state index in [0.29, 0.717) is 19.0 Å². The van der Waals surface area contributed by atoms with E-state index in [-0.39, 0.29) is 17.7 Å². The van der Waals surface area contributed by atoms with Gasteiger partial charge in [-0.2, -0.15) is 0 Å². The topological polar surface area (TPSA) is 40.6 Å². The molecule has 0 saturated carbocycles. The van der Waals surface area contributed by atoms with Gasteiger partial charge in [-0.25, -0.2) is 0 Å². The minimum absolute atomic E-state index is 0.0271. The molecule has 2 aliphatic rings. The number of hydrogen-bond acceptors (Lipinski definition) is 2. The van der Waals surface area contributed by atoms with Gasteiger partial charge in [-0.15, -0.1) is 0 Å². The molecule has 25 heavy (non-hydrogen) atoms. The van der Waals surface area contributed by atoms with Gasteiger partial charge in [0.15, 0.2) is 0 Å². The Morgan fingerprint density at radius 3 is 2.28 bits per heavy atom. The lowest BCUT2D eigenvalue weighted by molar-refractivity contribution is -0.140. The molecule has 0 unspecified atom stereocenters. The number of amides is 2. The summed E-state index contributed by atoms with van der Waals surface area (Å²) < 4.78 is 1.12. The zero-order chi connectivity index (χ0) is 17.8. The number of benzene rings is 1. The minimum atomic E-state index is -0.0271. The van der Waals surface area contributed by atoms with Crippen molar-refractivity contribution in [1.82, 2.24) is 9.80 Å². The van der Waals surface area contributed by atoms with Gasteiger partial charge in [-0.05, 0) is 55.4 Å². The van der Waals surface area contributed by atoms with Crippen molar-refractivity contribution >= 4 is 27.7 Å². The molecule has 5 heteroatoms. The molecule has 0 aliphatic carbocycles. The molecule has 1 aromatic carbocycles. The van der Waals surface area contributed by atoms with Gasteiger partial charge in [0.1, 0.15) is 0 Å². The van der Waals surface area contributed by atoms with Gasteiger partial charge in [0.2, 0.25) is 11.8 Å². The summed E-state index contributed by atoms with van der Waals surface area (Å²) in [7, 11) is 0. The summed E-state index contributed by atoms with van der Waals surface area (Å²) in [6.07, 6.45) is 4.94. The highest BCUT2D eigenvalue weighted by Crippen LogP contribution is 2.31. The van der Waals surface area contributed by atoms with Crippen molar-refractivity contribution in [1.29, 1.82) is 0 Å². The largest absolute Gasteiger partial charge is 0.342 e. The van der Waals surface area contributed by atoms with E-state index in [2.05, 4.69) is 40.7 Å². The Kier molecular flexibility index (Phi) is 5.94. The first-order valence-electron chi connectivity index (χ1n) is 9.04. The third kappa shape index (κ3) is 4.32. The third-order valence-corrected chi connectivity index (χ3v) is 5.95. The Morgan fingerprint density at radius 2 is 1.68 bits per heavy atom. The van der Waals surface area contributed by atoms with Crippen molar-refractivity contribution in [2.45, 2.75) is 31.6 Å². The number of halogens is 1. The molecule has 0 radical (unpaired) electrons. The van der Waals surface area contributed by atoms with Crippen LogP contribution >= 0.6 is 15.9 Å². The highest BCUT2D eigenvalue weighted by atomic mass is 79.9. The Hall–Kier alpha value is -1.62. The van der Waals surface area contributed by atoms with Crippen LogP contribution in [0.1, 0.15) is 37.2 Å². The molecule has 1 aromatic rings. The second kappa shape index (κ2) is 8.17. The highest BCUT2D eigenvalue weighted by Gasteiger charge is 2.31. The van der Waals surface area contributed by atoms with Crippen LogP contribution in [0.25, 0.3) is 0 Å². The van der Waals surface area contributed by atoms with Gasteiger partial charge < -0.3 is 9.80 Å². The van der Waals surface area contributed by atoms with Crippen LogP contribution < -0.4 is 0 Å². The van der Waals surface area contributed by atoms with Gasteiger partial charge in [0.25, 0.3) is 0 Å². The molecule has 0 aromatic heterocycles. The predicted octanol–water partition coefficient (Wildman–Crippen LogP) is 3.58. The summed E-state index contributed by atoms with van der Waals surface area (Å²) in [5.74, 6) is 0.851. The number of carbonyl (C=O) groups is 2. The van der Waals surface area contributed by atoms with E-state index in [0.717, 1.165) is 43.2 Å². The van der Waals surface area contributed by atoms with Gasteiger partial charge >= 0.3 is 0 Å². The normalized spacial score (nSPS) is 19.7. The van der Waals surface area contributed by atoms with Crippen molar-refractivity contribution in [3.8, 4) is 0 Å². The molecule has 3 rings (SSSR count). The van der Waals surface area contributed by atoms with Crippen LogP contribution in [0.15, 0.2) is 41.4 Å². The number of rotatable bonds is 3. The van der Waals surface area contributed by atoms with Gasteiger partial charge in [-0.3, -0.25) is 9.59 Å². The number of hydrogen-bond donors (Lipinski definition) is 0. The molecule has 2 saturated heterocycles. The van der Waals surface area contributed by atoms with Crippen molar-refractivity contribution in [3.63, 3.8) is 0 Å². The molecule has 2 amide bonds. The molecule has 2 heterocycles. The molecule has 2 fully saturated rings. The van der Waals surface area contributed by atoms with Crippen LogP contribution in [0.5, 0.6) is 0 Å². The number of likely N-dealkylation sites (tertiary alicyclic amines) is 2. The van der Waals surface area contributed by atoms with E-state index in [1.54, 1.807) is 4.90 Å². The van der Waals surface area contributed by atoms with Crippen LogP contribution in [0, 0.1) is 5.92 Å². The standard InChI is InChI=1S/C20H25BrN2O2/c1-2-19(24)22-10-8-16(9-11-22)20(25)23-12-6-15(7-13-23)17-4-3-5-18(21)14-17/h2-5,14-16H,1,6-13H2. The molecule has 2 aliphatic heterocycles. The van der Waals surface area contributed by atoms with Crippen LogP contribution in [0.4, 0.5) is 0 Å². The SMILES string of the molecule is C=CC(=O)N1CCC(C(=O)N2CCC(c3cccc(Br)c3)CC2)CC1. The summed E-state index contributed by atoms with van der Waals surface area (Å²) in [6.45, 7) is 6.53. The fraction of sp³-hybridized carbons (Fsp3) is 0.500. The molecular formula is C20H25BrN2O2. The summed E-state index contributed by atoms with van der Waals surface area (Å²) in [4.78, 5) is 28.3. The Balaban J connectivity index is 1.50. The summed E-state index contributed by atoms with van der Waals surface area (Å²) >= 11 is 3.54. The molecule has 4 nitrogen and oxygen atoms in total. The first kappa shape index (κ1) is 18.2. The lowest BCUT2D eigenvalue weighted by Gasteiger charge is -2.37. The van der Waals surface area contributed by atoms with Crippen molar-refractivity contribution < 1.29 is 9.59 Å². The van der Waals surface area contributed by atoms with Crippen LogP contribution in [0.3, 0.4) is 0 Å². The zero-order valence-electron chi connectivity index (χ0n) is 14.5. The van der Waals surface area contributed by atoms with Crippen LogP contribution in [0.2, 0.25) is 0 Å². The average Bonchev–Trinajstić information content (AvgIpc) is 2.67. The maximum absolute atomic E-state index is 12.8. The first-order valence-corrected chi connectivity index (χ1v) is 9.83. The Morgan fingerprint density at radius 1 is 1.04 bits per heavy atom. The average molecular weight is 405 g/mol. The number of piperidine rings is 2. The van der Waals surface area contributed by atoms with E-state index in [1.807, 2.05) is 11.0 Å². The quantitative estimate of drug-likeness (QED) is 0.722. The first-order chi connectivity index (χ1) is 12.1. The predicted molar refractivity (Wildman–Crippen MR) is 102 cm³/mol. The minimum Gasteiger partial charge on any atom is -0.342 e. The van der Waals surface area contributed by atoms with E-state index in [4.69, 9.17) is 0 Å². The second-order valence-corrected chi connectivity index (χ2v) is 7.87. The molecule has 0 spiro atoms. The van der Waals surface area contributed by atoms with Crippen molar-refractivity contribution in [2.75, 3.05) is 26.2 Å². The fourth-order valence-electron chi connectivity index (χ4n) is 3.93. The molecule has 0 N–H and O–H groups in total. The summed E-state index contributed by atoms with van der Waals surface area (Å²) in [5, 5.41) is 0. The number of carbonyl (C=O) groups excluding carboxylic acids is 2. The smallest absolute Gasteiger partial charge is 0.245 e. The van der Waals surface area contributed by atoms with E-state index in [1.165, 1.54) is 11.6 Å². The maximum atomic E-state index is 12.8. The third-order valence-electron chi connectivity index (χ3n) is 5.46. The molecule has 134 valence electrons. The lowest BCUT2D eigenvalue weighted by Crippen LogP contribution is -2.46. The zero-order valence-corrected chi connectivity index (χ0v) is 16.1. The second-order valence-electron chi connectivity index (χ2n) is 6.96. The van der Waals surface area contributed by atoms with Gasteiger partial charge in [0, 0.05) is 36.6 Å². The van der Waals surface area contributed by atoms with Crippen molar-refractivity contribution in [3.05, 3.63) is 47.0 Å². The fourth-order valence-corrected chi connectivity index (χ4v) is 4.34. The summed E-state index contributed by atoms with van der Waals surface area (Å²) in [5.41, 5.74) is 1.36. The summed E-state index contributed by atoms with van der Waals surface area (Å²) in [6, 6.07) is 8.49. The highest BCUT2D eigenvalue weighted by molar-refractivity contribution is 9.10. The monoisotopic (exact) mass is 404 g/mol. The van der Waals surface area contributed by atoms with E-state index < -0.39 is 0 Å². The lowest BCUT2D eigenvalue weighted by atomic mass is 9.88. The van der Waals surface area contributed by atoms with Crippen molar-refractivity contribution in [2.24, 2.45) is 5.92 Å². The molecule has 0 bridgehead atoms. The van der Waals surface area contributed by atoms with E-state index >= 15 is 0 Å². The molecule has 0 atom stereocenters. The molecular weight excluding hydrogens is 380 g/mol. The number of nitrogens with zero attached hydrogens (tertiary/aromatic N) is 2. The van der Waals surface area contributed by atoms with Crippen LogP contribution in [-0.4, -0.2) is 47.8 Å². The Bertz CT molecular complexity index is 645. The van der Waals surface area contributed by atoms with Crippen LogP contribution in [-0.2, 0) is 9.59 Å². The maximum Gasteiger partial charge on any atom is 0.245 e. The Labute approximate surface area is 158 Å². The van der Waals surface area contributed by atoms with E-state index in [9.17, 15) is 9.59 Å². The van der Waals surface area contributed by atoms with Gasteiger partial charge in [0.05, 0.1) is 0 Å². The van der Waals surface area contributed by atoms with Gasteiger partial charge in [-0.1, -0.05) is 34.6 Å².